The van der Waals surface area contributed by atoms with Crippen molar-refractivity contribution >= 4 is 23.1 Å². The van der Waals surface area contributed by atoms with Gasteiger partial charge in [0.25, 0.3) is 5.91 Å². The van der Waals surface area contributed by atoms with Crippen LogP contribution in [0.2, 0.25) is 0 Å². The molecule has 1 aliphatic heterocycles. The smallest absolute Gasteiger partial charge is 0.254 e. The summed E-state index contributed by atoms with van der Waals surface area (Å²) in [5, 5.41) is 23.0. The molecule has 1 aliphatic rings. The van der Waals surface area contributed by atoms with E-state index in [1.54, 1.807) is 24.3 Å². The quantitative estimate of drug-likeness (QED) is 0.253. The van der Waals surface area contributed by atoms with E-state index in [4.69, 9.17) is 0 Å². The van der Waals surface area contributed by atoms with Gasteiger partial charge >= 0.3 is 0 Å². The van der Waals surface area contributed by atoms with Crippen molar-refractivity contribution in [2.45, 2.75) is 6.92 Å². The van der Waals surface area contributed by atoms with Crippen LogP contribution in [-0.2, 0) is 4.79 Å². The zero-order valence-electron chi connectivity index (χ0n) is 19.1. The van der Waals surface area contributed by atoms with Gasteiger partial charge in [-0.3, -0.25) is 9.69 Å². The lowest BCUT2D eigenvalue weighted by Gasteiger charge is -2.35. The van der Waals surface area contributed by atoms with Crippen molar-refractivity contribution in [3.8, 4) is 5.75 Å². The minimum absolute atomic E-state index is 0.0104. The van der Waals surface area contributed by atoms with Crippen LogP contribution < -0.4 is 10.3 Å². The summed E-state index contributed by atoms with van der Waals surface area (Å²) < 4.78 is 0. The second kappa shape index (κ2) is 11.2. The standard InChI is InChI=1S/C26H28N6O2/c1-20-9-5-7-13-23(20)27-29-26(22-12-6-8-14-24(22)33)30-28-25(34)19-31-15-17-32(18-16-31)21-10-3-2-4-11-21/h2-14,33H,15-19H2,1H3,(H,28,34)/b29-27?,30-26-. The van der Waals surface area contributed by atoms with Gasteiger partial charge in [0.1, 0.15) is 5.75 Å². The molecule has 0 unspecified atom stereocenters. The monoisotopic (exact) mass is 456 g/mol. The minimum Gasteiger partial charge on any atom is -0.507 e. The molecule has 1 heterocycles. The number of hydrogen-bond acceptors (Lipinski definition) is 6. The van der Waals surface area contributed by atoms with Gasteiger partial charge in [-0.25, -0.2) is 5.43 Å². The number of phenolic OH excluding ortho intramolecular Hbond substituents is 1. The van der Waals surface area contributed by atoms with E-state index < -0.39 is 0 Å². The third-order valence-electron chi connectivity index (χ3n) is 5.66. The molecule has 0 aromatic heterocycles. The van der Waals surface area contributed by atoms with Gasteiger partial charge in [-0.1, -0.05) is 48.5 Å². The van der Waals surface area contributed by atoms with E-state index in [0.717, 1.165) is 31.7 Å². The van der Waals surface area contributed by atoms with E-state index in [0.29, 0.717) is 11.3 Å². The number of rotatable bonds is 6. The highest BCUT2D eigenvalue weighted by Gasteiger charge is 2.19. The van der Waals surface area contributed by atoms with Crippen LogP contribution in [-0.4, -0.2) is 54.5 Å². The first-order valence-corrected chi connectivity index (χ1v) is 11.2. The van der Waals surface area contributed by atoms with E-state index in [-0.39, 0.29) is 24.0 Å². The van der Waals surface area contributed by atoms with Crippen molar-refractivity contribution in [3.05, 3.63) is 90.0 Å². The Bertz CT molecular complexity index is 1170. The molecule has 34 heavy (non-hydrogen) atoms. The van der Waals surface area contributed by atoms with Crippen LogP contribution in [0.1, 0.15) is 11.1 Å². The lowest BCUT2D eigenvalue weighted by atomic mass is 10.2. The zero-order chi connectivity index (χ0) is 23.8. The molecule has 3 aromatic carbocycles. The van der Waals surface area contributed by atoms with Crippen molar-refractivity contribution < 1.29 is 9.90 Å². The fourth-order valence-electron chi connectivity index (χ4n) is 3.73. The molecule has 174 valence electrons. The molecule has 2 N–H and O–H groups in total. The number of amides is 1. The third-order valence-corrected chi connectivity index (χ3v) is 5.66. The average molecular weight is 457 g/mol. The first-order valence-electron chi connectivity index (χ1n) is 11.2. The number of benzene rings is 3. The molecule has 8 heteroatoms. The van der Waals surface area contributed by atoms with E-state index >= 15 is 0 Å². The number of azo groups is 1. The van der Waals surface area contributed by atoms with Gasteiger partial charge in [0, 0.05) is 31.9 Å². The summed E-state index contributed by atoms with van der Waals surface area (Å²) in [6.45, 7) is 5.44. The molecule has 1 fully saturated rings. The summed E-state index contributed by atoms with van der Waals surface area (Å²) in [6, 6.07) is 24.5. The maximum Gasteiger partial charge on any atom is 0.254 e. The Labute approximate surface area is 199 Å². The molecule has 3 aromatic rings. The second-order valence-corrected chi connectivity index (χ2v) is 8.07. The maximum absolute atomic E-state index is 12.6. The first-order chi connectivity index (χ1) is 16.6. The van der Waals surface area contributed by atoms with Crippen LogP contribution in [0.4, 0.5) is 11.4 Å². The van der Waals surface area contributed by atoms with Crippen molar-refractivity contribution in [2.75, 3.05) is 37.6 Å². The molecule has 1 saturated heterocycles. The van der Waals surface area contributed by atoms with Crippen molar-refractivity contribution in [2.24, 2.45) is 15.3 Å². The van der Waals surface area contributed by atoms with E-state index in [1.165, 1.54) is 5.69 Å². The number of carbonyl (C=O) groups is 1. The van der Waals surface area contributed by atoms with Gasteiger partial charge in [-0.2, -0.15) is 5.10 Å². The molecule has 0 bridgehead atoms. The topological polar surface area (TPSA) is 92.9 Å². The Morgan fingerprint density at radius 3 is 2.32 bits per heavy atom. The van der Waals surface area contributed by atoms with E-state index in [1.807, 2.05) is 49.4 Å². The molecule has 0 spiro atoms. The molecule has 0 aliphatic carbocycles. The summed E-state index contributed by atoms with van der Waals surface area (Å²) >= 11 is 0. The number of aryl methyl sites for hydroxylation is 1. The average Bonchev–Trinajstić information content (AvgIpc) is 2.87. The Hall–Kier alpha value is -4.04. The minimum atomic E-state index is -0.243. The van der Waals surface area contributed by atoms with Crippen LogP contribution in [0, 0.1) is 6.92 Å². The third kappa shape index (κ3) is 6.05. The highest BCUT2D eigenvalue weighted by Crippen LogP contribution is 2.21. The van der Waals surface area contributed by atoms with Gasteiger partial charge in [-0.05, 0) is 42.8 Å². The maximum atomic E-state index is 12.6. The number of carbonyl (C=O) groups excluding carboxylic acids is 1. The highest BCUT2D eigenvalue weighted by atomic mass is 16.3. The highest BCUT2D eigenvalue weighted by molar-refractivity contribution is 6.02. The molecule has 0 saturated carbocycles. The zero-order valence-corrected chi connectivity index (χ0v) is 19.1. The fraction of sp³-hybridized carbons (Fsp3) is 0.231. The van der Waals surface area contributed by atoms with Crippen LogP contribution in [0.5, 0.6) is 5.75 Å². The summed E-state index contributed by atoms with van der Waals surface area (Å²) in [5.74, 6) is -0.105. The second-order valence-electron chi connectivity index (χ2n) is 8.07. The Morgan fingerprint density at radius 2 is 1.59 bits per heavy atom. The van der Waals surface area contributed by atoms with Gasteiger partial charge < -0.3 is 10.0 Å². The van der Waals surface area contributed by atoms with Gasteiger partial charge in [0.2, 0.25) is 5.84 Å². The van der Waals surface area contributed by atoms with Crippen LogP contribution in [0.15, 0.2) is 94.2 Å². The molecule has 8 nitrogen and oxygen atoms in total. The van der Waals surface area contributed by atoms with Crippen LogP contribution >= 0.6 is 0 Å². The van der Waals surface area contributed by atoms with Gasteiger partial charge in [0.05, 0.1) is 17.8 Å². The number of nitrogens with one attached hydrogen (secondary N) is 1. The Morgan fingerprint density at radius 1 is 0.912 bits per heavy atom. The predicted octanol–water partition coefficient (Wildman–Crippen LogP) is 4.08. The predicted molar refractivity (Wildman–Crippen MR) is 134 cm³/mol. The van der Waals surface area contributed by atoms with Crippen LogP contribution in [0.3, 0.4) is 0 Å². The molecule has 1 amide bonds. The van der Waals surface area contributed by atoms with Crippen molar-refractivity contribution in [1.82, 2.24) is 10.3 Å². The number of nitrogens with zero attached hydrogens (tertiary/aromatic N) is 5. The van der Waals surface area contributed by atoms with Crippen LogP contribution in [0.25, 0.3) is 0 Å². The SMILES string of the molecule is Cc1ccccc1N=N/C(=N\NC(=O)CN1CCN(c2ccccc2)CC1)c1ccccc1O. The molecule has 4 rings (SSSR count). The largest absolute Gasteiger partial charge is 0.507 e. The number of phenols is 1. The molecule has 0 atom stereocenters. The number of aromatic hydroxyl groups is 1. The number of hydrazone groups is 1. The Kier molecular flexibility index (Phi) is 7.62. The number of anilines is 1. The molecule has 0 radical (unpaired) electrons. The van der Waals surface area contributed by atoms with E-state index in [9.17, 15) is 9.90 Å². The first kappa shape index (κ1) is 23.1. The van der Waals surface area contributed by atoms with Crippen molar-refractivity contribution in [3.63, 3.8) is 0 Å². The Balaban J connectivity index is 1.40. The normalized spacial score (nSPS) is 15.0. The number of piperazine rings is 1. The number of para-hydroxylation sites is 2. The van der Waals surface area contributed by atoms with Crippen molar-refractivity contribution in [1.29, 1.82) is 0 Å². The summed E-state index contributed by atoms with van der Waals surface area (Å²) in [5.41, 5.74) is 5.81. The molecular weight excluding hydrogens is 428 g/mol. The van der Waals surface area contributed by atoms with E-state index in [2.05, 4.69) is 42.7 Å². The number of hydrogen-bond donors (Lipinski definition) is 2. The lowest BCUT2D eigenvalue weighted by molar-refractivity contribution is -0.122. The van der Waals surface area contributed by atoms with Gasteiger partial charge in [0.15, 0.2) is 0 Å². The molecular formula is C26H28N6O2. The number of amidine groups is 1. The summed E-state index contributed by atoms with van der Waals surface area (Å²) in [6.07, 6.45) is 0. The van der Waals surface area contributed by atoms with Gasteiger partial charge in [-0.15, -0.1) is 10.2 Å². The lowest BCUT2D eigenvalue weighted by Crippen LogP contribution is -2.49. The summed E-state index contributed by atoms with van der Waals surface area (Å²) in [7, 11) is 0. The fourth-order valence-corrected chi connectivity index (χ4v) is 3.73. The summed E-state index contributed by atoms with van der Waals surface area (Å²) in [4.78, 5) is 17.0.